The Morgan fingerprint density at radius 1 is 1.42 bits per heavy atom. The summed E-state index contributed by atoms with van der Waals surface area (Å²) in [6.07, 6.45) is 5.62. The molecular weight excluding hydrogens is 240 g/mol. The van der Waals surface area contributed by atoms with Crippen molar-refractivity contribution >= 4 is 5.91 Å². The van der Waals surface area contributed by atoms with Gasteiger partial charge in [-0.2, -0.15) is 0 Å². The third kappa shape index (κ3) is 3.11. The first-order valence-electron chi connectivity index (χ1n) is 7.67. The fourth-order valence-corrected chi connectivity index (χ4v) is 3.46. The molecule has 0 bridgehead atoms. The molecule has 0 radical (unpaired) electrons. The largest absolute Gasteiger partial charge is 0.381 e. The van der Waals surface area contributed by atoms with Crippen molar-refractivity contribution in [2.75, 3.05) is 7.11 Å². The smallest absolute Gasteiger partial charge is 0.241 e. The van der Waals surface area contributed by atoms with Crippen molar-refractivity contribution in [2.45, 2.75) is 77.2 Å². The SMILES string of the molecule is CCC1NC(CC(C)C)N(C2CCC(OC)C2)C1=O. The fraction of sp³-hybridized carbons (Fsp3) is 0.933. The first-order valence-corrected chi connectivity index (χ1v) is 7.67. The van der Waals surface area contributed by atoms with Crippen molar-refractivity contribution in [3.05, 3.63) is 0 Å². The lowest BCUT2D eigenvalue weighted by atomic mass is 10.1. The van der Waals surface area contributed by atoms with E-state index in [2.05, 4.69) is 31.0 Å². The number of hydrogen-bond acceptors (Lipinski definition) is 3. The van der Waals surface area contributed by atoms with Crippen LogP contribution < -0.4 is 5.32 Å². The van der Waals surface area contributed by atoms with Crippen molar-refractivity contribution in [3.8, 4) is 0 Å². The van der Waals surface area contributed by atoms with Crippen LogP contribution in [0.5, 0.6) is 0 Å². The lowest BCUT2D eigenvalue weighted by Crippen LogP contribution is -2.44. The van der Waals surface area contributed by atoms with Gasteiger partial charge in [-0.1, -0.05) is 20.8 Å². The first-order chi connectivity index (χ1) is 9.06. The molecule has 2 aliphatic rings. The van der Waals surface area contributed by atoms with Crippen LogP contribution in [0, 0.1) is 5.92 Å². The molecule has 1 saturated carbocycles. The molecule has 2 fully saturated rings. The molecule has 1 aliphatic heterocycles. The Morgan fingerprint density at radius 2 is 2.16 bits per heavy atom. The van der Waals surface area contributed by atoms with Gasteiger partial charge in [0.25, 0.3) is 0 Å². The van der Waals surface area contributed by atoms with Crippen LogP contribution in [0.4, 0.5) is 0 Å². The van der Waals surface area contributed by atoms with Gasteiger partial charge < -0.3 is 9.64 Å². The van der Waals surface area contributed by atoms with Crippen molar-refractivity contribution in [2.24, 2.45) is 5.92 Å². The number of hydrogen-bond donors (Lipinski definition) is 1. The minimum absolute atomic E-state index is 0.0188. The summed E-state index contributed by atoms with van der Waals surface area (Å²) in [7, 11) is 1.78. The number of methoxy groups -OCH3 is 1. The summed E-state index contributed by atoms with van der Waals surface area (Å²) in [4.78, 5) is 14.7. The second kappa shape index (κ2) is 6.23. The molecule has 1 saturated heterocycles. The Labute approximate surface area is 116 Å². The summed E-state index contributed by atoms with van der Waals surface area (Å²) in [5.41, 5.74) is 0. The van der Waals surface area contributed by atoms with Crippen LogP contribution in [-0.2, 0) is 9.53 Å². The molecule has 110 valence electrons. The Hall–Kier alpha value is -0.610. The quantitative estimate of drug-likeness (QED) is 0.830. The van der Waals surface area contributed by atoms with Crippen LogP contribution in [0.1, 0.15) is 52.9 Å². The van der Waals surface area contributed by atoms with E-state index < -0.39 is 0 Å². The lowest BCUT2D eigenvalue weighted by molar-refractivity contribution is -0.132. The van der Waals surface area contributed by atoms with E-state index in [0.717, 1.165) is 32.1 Å². The number of nitrogens with one attached hydrogen (secondary N) is 1. The van der Waals surface area contributed by atoms with Gasteiger partial charge in [0.2, 0.25) is 5.91 Å². The van der Waals surface area contributed by atoms with E-state index in [-0.39, 0.29) is 12.2 Å². The van der Waals surface area contributed by atoms with E-state index in [9.17, 15) is 4.79 Å². The van der Waals surface area contributed by atoms with Gasteiger partial charge in [-0.25, -0.2) is 0 Å². The number of ether oxygens (including phenoxy) is 1. The summed E-state index contributed by atoms with van der Waals surface area (Å²) >= 11 is 0. The van der Waals surface area contributed by atoms with Crippen molar-refractivity contribution in [1.29, 1.82) is 0 Å². The van der Waals surface area contributed by atoms with E-state index in [4.69, 9.17) is 4.74 Å². The van der Waals surface area contributed by atoms with Crippen LogP contribution in [0.3, 0.4) is 0 Å². The van der Waals surface area contributed by atoms with Gasteiger partial charge in [0.05, 0.1) is 18.3 Å². The minimum atomic E-state index is 0.0188. The molecule has 1 aliphatic carbocycles. The van der Waals surface area contributed by atoms with Gasteiger partial charge in [0.1, 0.15) is 0 Å². The molecule has 19 heavy (non-hydrogen) atoms. The van der Waals surface area contributed by atoms with Crippen molar-refractivity contribution in [1.82, 2.24) is 10.2 Å². The second-order valence-corrected chi connectivity index (χ2v) is 6.34. The number of carbonyl (C=O) groups excluding carboxylic acids is 1. The van der Waals surface area contributed by atoms with E-state index in [1.807, 2.05) is 0 Å². The molecule has 4 unspecified atom stereocenters. The van der Waals surface area contributed by atoms with E-state index in [0.29, 0.717) is 24.0 Å². The maximum atomic E-state index is 12.5. The Kier molecular flexibility index (Phi) is 4.85. The number of rotatable bonds is 5. The van der Waals surface area contributed by atoms with Crippen LogP contribution in [0.25, 0.3) is 0 Å². The molecule has 1 N–H and O–H groups in total. The standard InChI is InChI=1S/C15H28N2O2/c1-5-13-15(18)17(14(16-13)8-10(2)3)11-6-7-12(9-11)19-4/h10-14,16H,5-9H2,1-4H3. The van der Waals surface area contributed by atoms with E-state index in [1.54, 1.807) is 7.11 Å². The molecule has 0 aromatic carbocycles. The molecular formula is C15H28N2O2. The third-order valence-electron chi connectivity index (χ3n) is 4.47. The molecule has 4 heteroatoms. The number of amides is 1. The highest BCUT2D eigenvalue weighted by molar-refractivity contribution is 5.84. The average molecular weight is 268 g/mol. The van der Waals surface area contributed by atoms with Gasteiger partial charge in [-0.15, -0.1) is 0 Å². The van der Waals surface area contributed by atoms with Gasteiger partial charge in [-0.05, 0) is 38.0 Å². The van der Waals surface area contributed by atoms with Crippen molar-refractivity contribution < 1.29 is 9.53 Å². The van der Waals surface area contributed by atoms with Crippen molar-refractivity contribution in [3.63, 3.8) is 0 Å². The van der Waals surface area contributed by atoms with Crippen LogP contribution >= 0.6 is 0 Å². The summed E-state index contributed by atoms with van der Waals surface area (Å²) in [5, 5.41) is 3.52. The van der Waals surface area contributed by atoms with Crippen LogP contribution in [0.2, 0.25) is 0 Å². The second-order valence-electron chi connectivity index (χ2n) is 6.34. The topological polar surface area (TPSA) is 41.6 Å². The Morgan fingerprint density at radius 3 is 2.68 bits per heavy atom. The van der Waals surface area contributed by atoms with Crippen LogP contribution in [0.15, 0.2) is 0 Å². The average Bonchev–Trinajstić information content (AvgIpc) is 2.93. The normalized spacial score (nSPS) is 35.6. The third-order valence-corrected chi connectivity index (χ3v) is 4.47. The first kappa shape index (κ1) is 14.8. The summed E-state index contributed by atoms with van der Waals surface area (Å²) in [5.74, 6) is 0.901. The maximum absolute atomic E-state index is 12.5. The highest BCUT2D eigenvalue weighted by Crippen LogP contribution is 2.31. The van der Waals surface area contributed by atoms with Crippen LogP contribution in [-0.4, -0.2) is 42.3 Å². The molecule has 2 rings (SSSR count). The highest BCUT2D eigenvalue weighted by atomic mass is 16.5. The molecule has 4 atom stereocenters. The van der Waals surface area contributed by atoms with E-state index >= 15 is 0 Å². The number of carbonyl (C=O) groups is 1. The summed E-state index contributed by atoms with van der Waals surface area (Å²) in [6, 6.07) is 0.385. The van der Waals surface area contributed by atoms with Gasteiger partial charge in [0, 0.05) is 13.2 Å². The molecule has 0 aromatic heterocycles. The Balaban J connectivity index is 2.07. The van der Waals surface area contributed by atoms with E-state index in [1.165, 1.54) is 0 Å². The monoisotopic (exact) mass is 268 g/mol. The maximum Gasteiger partial charge on any atom is 0.241 e. The zero-order valence-electron chi connectivity index (χ0n) is 12.7. The highest BCUT2D eigenvalue weighted by Gasteiger charge is 2.43. The molecule has 4 nitrogen and oxygen atoms in total. The summed E-state index contributed by atoms with van der Waals surface area (Å²) in [6.45, 7) is 6.52. The molecule has 0 aromatic rings. The number of nitrogens with zero attached hydrogens (tertiary/aromatic N) is 1. The zero-order chi connectivity index (χ0) is 14.0. The zero-order valence-corrected chi connectivity index (χ0v) is 12.7. The minimum Gasteiger partial charge on any atom is -0.381 e. The predicted molar refractivity (Wildman–Crippen MR) is 75.7 cm³/mol. The molecule has 1 amide bonds. The Bertz CT molecular complexity index is 319. The summed E-state index contributed by atoms with van der Waals surface area (Å²) < 4.78 is 5.45. The van der Waals surface area contributed by atoms with Gasteiger partial charge in [-0.3, -0.25) is 10.1 Å². The predicted octanol–water partition coefficient (Wildman–Crippen LogP) is 2.14. The van der Waals surface area contributed by atoms with Gasteiger partial charge in [0.15, 0.2) is 0 Å². The molecule has 1 heterocycles. The molecule has 0 spiro atoms. The lowest BCUT2D eigenvalue weighted by Gasteiger charge is -2.31. The fourth-order valence-electron chi connectivity index (χ4n) is 3.46. The van der Waals surface area contributed by atoms with Gasteiger partial charge >= 0.3 is 0 Å².